The van der Waals surface area contributed by atoms with Crippen LogP contribution in [0.2, 0.25) is 0 Å². The minimum atomic E-state index is -2.84. The molecule has 0 atom stereocenters. The van der Waals surface area contributed by atoms with Crippen molar-refractivity contribution in [1.82, 2.24) is 9.78 Å². The van der Waals surface area contributed by atoms with Crippen molar-refractivity contribution in [2.24, 2.45) is 7.05 Å². The van der Waals surface area contributed by atoms with Gasteiger partial charge in [-0.15, -0.1) is 0 Å². The summed E-state index contributed by atoms with van der Waals surface area (Å²) in [5, 5.41) is 6.37. The van der Waals surface area contributed by atoms with Crippen LogP contribution in [0.5, 0.6) is 11.5 Å². The van der Waals surface area contributed by atoms with Gasteiger partial charge < -0.3 is 14.8 Å². The number of carbonyl (C=O) groups excluding carboxylic acids is 1. The average molecular weight is 387 g/mol. The van der Waals surface area contributed by atoms with E-state index in [1.807, 2.05) is 18.2 Å². The molecule has 1 heterocycles. The third-order valence-electron chi connectivity index (χ3n) is 4.18. The van der Waals surface area contributed by atoms with Crippen LogP contribution in [0.25, 0.3) is 11.1 Å². The molecule has 0 aliphatic carbocycles. The van der Waals surface area contributed by atoms with Gasteiger partial charge in [0.2, 0.25) is 0 Å². The number of anilines is 1. The van der Waals surface area contributed by atoms with E-state index in [1.54, 1.807) is 31.4 Å². The second-order valence-electron chi connectivity index (χ2n) is 5.97. The summed E-state index contributed by atoms with van der Waals surface area (Å²) in [6.45, 7) is 0. The molecule has 0 saturated carbocycles. The van der Waals surface area contributed by atoms with Crippen molar-refractivity contribution >= 4 is 11.6 Å². The number of carbonyl (C=O) groups is 1. The van der Waals surface area contributed by atoms with Gasteiger partial charge in [-0.05, 0) is 23.8 Å². The van der Waals surface area contributed by atoms with Crippen molar-refractivity contribution in [3.8, 4) is 22.6 Å². The van der Waals surface area contributed by atoms with Crippen LogP contribution in [0.15, 0.2) is 48.7 Å². The van der Waals surface area contributed by atoms with Gasteiger partial charge in [-0.25, -0.2) is 8.78 Å². The SMILES string of the molecule is COc1ccc(-c2ccccc2NC(=O)c2cn(C)nc2C(F)F)cc1OC. The Hall–Kier alpha value is -3.42. The van der Waals surface area contributed by atoms with E-state index in [-0.39, 0.29) is 5.56 Å². The van der Waals surface area contributed by atoms with Gasteiger partial charge in [0.25, 0.3) is 12.3 Å². The number of methoxy groups -OCH3 is 2. The maximum Gasteiger partial charge on any atom is 0.282 e. The summed E-state index contributed by atoms with van der Waals surface area (Å²) in [4.78, 5) is 12.6. The molecular formula is C20H19F2N3O3. The van der Waals surface area contributed by atoms with Crippen molar-refractivity contribution in [1.29, 1.82) is 0 Å². The third kappa shape index (κ3) is 3.80. The molecule has 3 aromatic rings. The van der Waals surface area contributed by atoms with Crippen molar-refractivity contribution in [2.45, 2.75) is 6.43 Å². The molecule has 0 radical (unpaired) electrons. The first-order valence-electron chi connectivity index (χ1n) is 8.39. The largest absolute Gasteiger partial charge is 0.493 e. The number of rotatable bonds is 6. The molecule has 0 unspecified atom stereocenters. The van der Waals surface area contributed by atoms with E-state index in [0.717, 1.165) is 5.56 Å². The lowest BCUT2D eigenvalue weighted by atomic mass is 10.0. The number of nitrogens with one attached hydrogen (secondary N) is 1. The lowest BCUT2D eigenvalue weighted by Gasteiger charge is -2.13. The highest BCUT2D eigenvalue weighted by atomic mass is 19.3. The Labute approximate surface area is 160 Å². The fraction of sp³-hybridized carbons (Fsp3) is 0.200. The number of nitrogens with zero attached hydrogens (tertiary/aromatic N) is 2. The molecule has 28 heavy (non-hydrogen) atoms. The summed E-state index contributed by atoms with van der Waals surface area (Å²) in [6.07, 6.45) is -1.57. The Balaban J connectivity index is 1.97. The van der Waals surface area contributed by atoms with Gasteiger partial charge in [0.15, 0.2) is 11.5 Å². The van der Waals surface area contributed by atoms with E-state index in [0.29, 0.717) is 22.7 Å². The van der Waals surface area contributed by atoms with Gasteiger partial charge >= 0.3 is 0 Å². The molecule has 2 aromatic carbocycles. The second-order valence-corrected chi connectivity index (χ2v) is 5.97. The van der Waals surface area contributed by atoms with Crippen LogP contribution in [0.4, 0.5) is 14.5 Å². The molecular weight excluding hydrogens is 368 g/mol. The lowest BCUT2D eigenvalue weighted by Crippen LogP contribution is -2.14. The Morgan fingerprint density at radius 1 is 1.11 bits per heavy atom. The van der Waals surface area contributed by atoms with E-state index < -0.39 is 18.0 Å². The smallest absolute Gasteiger partial charge is 0.282 e. The summed E-state index contributed by atoms with van der Waals surface area (Å²) in [5.74, 6) is 0.453. The fourth-order valence-corrected chi connectivity index (χ4v) is 2.88. The van der Waals surface area contributed by atoms with E-state index in [1.165, 1.54) is 25.0 Å². The highest BCUT2D eigenvalue weighted by Crippen LogP contribution is 2.35. The Kier molecular flexibility index (Phi) is 5.58. The van der Waals surface area contributed by atoms with E-state index in [4.69, 9.17) is 9.47 Å². The number of aromatic nitrogens is 2. The predicted molar refractivity (Wildman–Crippen MR) is 101 cm³/mol. The summed E-state index contributed by atoms with van der Waals surface area (Å²) in [7, 11) is 4.56. The molecule has 1 N–H and O–H groups in total. The molecule has 0 fully saturated rings. The van der Waals surface area contributed by atoms with Gasteiger partial charge in [-0.2, -0.15) is 5.10 Å². The number of halogens is 2. The molecule has 146 valence electrons. The Bertz CT molecular complexity index is 1000. The topological polar surface area (TPSA) is 65.4 Å². The molecule has 8 heteroatoms. The van der Waals surface area contributed by atoms with Gasteiger partial charge in [0.1, 0.15) is 5.69 Å². The lowest BCUT2D eigenvalue weighted by molar-refractivity contribution is 0.101. The minimum absolute atomic E-state index is 0.167. The van der Waals surface area contributed by atoms with Crippen LogP contribution in [0, 0.1) is 0 Å². The van der Waals surface area contributed by atoms with E-state index in [2.05, 4.69) is 10.4 Å². The maximum absolute atomic E-state index is 13.2. The standard InChI is InChI=1S/C20H19F2N3O3/c1-25-11-14(18(24-25)19(21)22)20(26)23-15-7-5-4-6-13(15)12-8-9-16(27-2)17(10-12)28-3/h4-11,19H,1-3H3,(H,23,26). The van der Waals surface area contributed by atoms with E-state index in [9.17, 15) is 13.6 Å². The first-order valence-corrected chi connectivity index (χ1v) is 8.39. The number of alkyl halides is 2. The monoisotopic (exact) mass is 387 g/mol. The average Bonchev–Trinajstić information content (AvgIpc) is 3.10. The Morgan fingerprint density at radius 2 is 1.82 bits per heavy atom. The number of amides is 1. The zero-order valence-electron chi connectivity index (χ0n) is 15.6. The van der Waals surface area contributed by atoms with Gasteiger partial charge in [-0.1, -0.05) is 24.3 Å². The number of aryl methyl sites for hydroxylation is 1. The number of benzene rings is 2. The number of ether oxygens (including phenoxy) is 2. The molecule has 0 saturated heterocycles. The quantitative estimate of drug-likeness (QED) is 0.685. The summed E-state index contributed by atoms with van der Waals surface area (Å²) < 4.78 is 38.1. The number of hydrogen-bond donors (Lipinski definition) is 1. The Morgan fingerprint density at radius 3 is 2.50 bits per heavy atom. The first kappa shape index (κ1) is 19.3. The number of para-hydroxylation sites is 1. The van der Waals surface area contributed by atoms with Crippen LogP contribution in [-0.2, 0) is 7.05 Å². The summed E-state index contributed by atoms with van der Waals surface area (Å²) in [6, 6.07) is 12.4. The van der Waals surface area contributed by atoms with Crippen LogP contribution in [0.1, 0.15) is 22.5 Å². The highest BCUT2D eigenvalue weighted by Gasteiger charge is 2.23. The third-order valence-corrected chi connectivity index (χ3v) is 4.18. The minimum Gasteiger partial charge on any atom is -0.493 e. The van der Waals surface area contributed by atoms with Crippen LogP contribution >= 0.6 is 0 Å². The van der Waals surface area contributed by atoms with Gasteiger partial charge in [0, 0.05) is 24.5 Å². The molecule has 1 amide bonds. The van der Waals surface area contributed by atoms with Crippen molar-refractivity contribution < 1.29 is 23.0 Å². The number of hydrogen-bond acceptors (Lipinski definition) is 4. The van der Waals surface area contributed by atoms with E-state index >= 15 is 0 Å². The van der Waals surface area contributed by atoms with Crippen LogP contribution < -0.4 is 14.8 Å². The van der Waals surface area contributed by atoms with Crippen molar-refractivity contribution in [3.63, 3.8) is 0 Å². The summed E-state index contributed by atoms with van der Waals surface area (Å²) >= 11 is 0. The van der Waals surface area contributed by atoms with Crippen LogP contribution in [-0.4, -0.2) is 29.9 Å². The molecule has 6 nitrogen and oxygen atoms in total. The fourth-order valence-electron chi connectivity index (χ4n) is 2.88. The molecule has 1 aromatic heterocycles. The summed E-state index contributed by atoms with van der Waals surface area (Å²) in [5.41, 5.74) is 1.24. The van der Waals surface area contributed by atoms with Crippen LogP contribution in [0.3, 0.4) is 0 Å². The first-order chi connectivity index (χ1) is 13.4. The predicted octanol–water partition coefficient (Wildman–Crippen LogP) is 4.29. The highest BCUT2D eigenvalue weighted by molar-refractivity contribution is 6.07. The molecule has 3 rings (SSSR count). The normalized spacial score (nSPS) is 10.8. The molecule has 0 aliphatic heterocycles. The van der Waals surface area contributed by atoms with Crippen molar-refractivity contribution in [3.05, 3.63) is 59.9 Å². The second kappa shape index (κ2) is 8.08. The van der Waals surface area contributed by atoms with Crippen molar-refractivity contribution in [2.75, 3.05) is 19.5 Å². The molecule has 0 aliphatic rings. The zero-order chi connectivity index (χ0) is 20.3. The molecule has 0 spiro atoms. The maximum atomic E-state index is 13.2. The molecule has 0 bridgehead atoms. The van der Waals surface area contributed by atoms with Gasteiger partial charge in [0.05, 0.1) is 19.8 Å². The van der Waals surface area contributed by atoms with Gasteiger partial charge in [-0.3, -0.25) is 9.48 Å². The zero-order valence-corrected chi connectivity index (χ0v) is 15.6.